The summed E-state index contributed by atoms with van der Waals surface area (Å²) in [7, 11) is -1.49. The summed E-state index contributed by atoms with van der Waals surface area (Å²) in [5.41, 5.74) is 0. The molecule has 0 bridgehead atoms. The number of rotatable bonds is 5. The SMILES string of the molecule is CNCCn1cc(S(=O)(=O)N2CCC(C)C2)cn1. The standard InChI is InChI=1S/C11H20N4O2S/c1-10-3-5-15(8-10)18(16,17)11-7-13-14(9-11)6-4-12-2/h7,9-10,12H,3-6,8H2,1-2H3. The number of hydrogen-bond donors (Lipinski definition) is 1. The van der Waals surface area contributed by atoms with E-state index in [0.717, 1.165) is 13.0 Å². The third-order valence-electron chi connectivity index (χ3n) is 3.22. The summed E-state index contributed by atoms with van der Waals surface area (Å²) in [6, 6.07) is 0. The molecule has 0 spiro atoms. The van der Waals surface area contributed by atoms with Crippen molar-refractivity contribution in [2.75, 3.05) is 26.7 Å². The Balaban J connectivity index is 2.12. The van der Waals surface area contributed by atoms with Gasteiger partial charge in [0, 0.05) is 25.8 Å². The van der Waals surface area contributed by atoms with E-state index in [1.54, 1.807) is 15.2 Å². The van der Waals surface area contributed by atoms with Gasteiger partial charge < -0.3 is 5.32 Å². The van der Waals surface area contributed by atoms with Crippen LogP contribution in [0.5, 0.6) is 0 Å². The van der Waals surface area contributed by atoms with Crippen molar-refractivity contribution in [2.45, 2.75) is 24.8 Å². The summed E-state index contributed by atoms with van der Waals surface area (Å²) < 4.78 is 27.9. The Morgan fingerprint density at radius 1 is 1.56 bits per heavy atom. The summed E-state index contributed by atoms with van der Waals surface area (Å²) in [5.74, 6) is 0.444. The molecule has 6 nitrogen and oxygen atoms in total. The van der Waals surface area contributed by atoms with E-state index in [4.69, 9.17) is 0 Å². The monoisotopic (exact) mass is 272 g/mol. The molecule has 0 amide bonds. The molecule has 7 heteroatoms. The molecule has 1 fully saturated rings. The molecule has 1 aliphatic heterocycles. The first-order chi connectivity index (χ1) is 8.54. The molecule has 0 saturated carbocycles. The Morgan fingerprint density at radius 3 is 2.94 bits per heavy atom. The fourth-order valence-corrected chi connectivity index (χ4v) is 3.62. The number of aromatic nitrogens is 2. The van der Waals surface area contributed by atoms with E-state index in [2.05, 4.69) is 17.3 Å². The zero-order valence-corrected chi connectivity index (χ0v) is 11.7. The van der Waals surface area contributed by atoms with Gasteiger partial charge in [0.15, 0.2) is 0 Å². The molecule has 0 aliphatic carbocycles. The maximum Gasteiger partial charge on any atom is 0.246 e. The number of hydrogen-bond acceptors (Lipinski definition) is 4. The molecule has 0 radical (unpaired) electrons. The molecule has 1 unspecified atom stereocenters. The summed E-state index contributed by atoms with van der Waals surface area (Å²) >= 11 is 0. The molecule has 18 heavy (non-hydrogen) atoms. The molecule has 1 N–H and O–H groups in total. The summed E-state index contributed by atoms with van der Waals surface area (Å²) in [5, 5.41) is 7.09. The van der Waals surface area contributed by atoms with E-state index >= 15 is 0 Å². The normalized spacial score (nSPS) is 21.6. The molecular formula is C11H20N4O2S. The van der Waals surface area contributed by atoms with Crippen LogP contribution in [0.4, 0.5) is 0 Å². The van der Waals surface area contributed by atoms with Gasteiger partial charge in [-0.2, -0.15) is 9.40 Å². The average Bonchev–Trinajstić information content (AvgIpc) is 2.95. The fourth-order valence-electron chi connectivity index (χ4n) is 2.09. The predicted octanol–water partition coefficient (Wildman–Crippen LogP) is 0.133. The molecule has 1 atom stereocenters. The first kappa shape index (κ1) is 13.5. The highest BCUT2D eigenvalue weighted by Gasteiger charge is 2.31. The Hall–Kier alpha value is -0.920. The Bertz CT molecular complexity index is 497. The van der Waals surface area contributed by atoms with Gasteiger partial charge in [0.2, 0.25) is 10.0 Å². The molecule has 2 rings (SSSR count). The van der Waals surface area contributed by atoms with Gasteiger partial charge >= 0.3 is 0 Å². The van der Waals surface area contributed by atoms with Crippen molar-refractivity contribution in [3.63, 3.8) is 0 Å². The van der Waals surface area contributed by atoms with Gasteiger partial charge in [0.25, 0.3) is 0 Å². The number of sulfonamides is 1. The lowest BCUT2D eigenvalue weighted by molar-refractivity contribution is 0.464. The summed E-state index contributed by atoms with van der Waals surface area (Å²) in [6.07, 6.45) is 3.98. The second kappa shape index (κ2) is 5.38. The van der Waals surface area contributed by atoms with Crippen LogP contribution in [0, 0.1) is 5.92 Å². The largest absolute Gasteiger partial charge is 0.318 e. The van der Waals surface area contributed by atoms with Crippen molar-refractivity contribution in [3.8, 4) is 0 Å². The molecule has 1 aliphatic rings. The van der Waals surface area contributed by atoms with E-state index in [0.29, 0.717) is 30.4 Å². The van der Waals surface area contributed by atoms with Gasteiger partial charge in [-0.25, -0.2) is 8.42 Å². The lowest BCUT2D eigenvalue weighted by Crippen LogP contribution is -2.28. The van der Waals surface area contributed by atoms with Crippen LogP contribution >= 0.6 is 0 Å². The third-order valence-corrected chi connectivity index (χ3v) is 5.04. The first-order valence-electron chi connectivity index (χ1n) is 6.21. The second-order valence-electron chi connectivity index (χ2n) is 4.80. The highest BCUT2D eigenvalue weighted by Crippen LogP contribution is 2.23. The van der Waals surface area contributed by atoms with Crippen molar-refractivity contribution in [1.82, 2.24) is 19.4 Å². The minimum Gasteiger partial charge on any atom is -0.318 e. The third kappa shape index (κ3) is 2.73. The van der Waals surface area contributed by atoms with Crippen molar-refractivity contribution in [2.24, 2.45) is 5.92 Å². The van der Waals surface area contributed by atoms with Gasteiger partial charge in [0.1, 0.15) is 4.90 Å². The number of nitrogens with zero attached hydrogens (tertiary/aromatic N) is 3. The lowest BCUT2D eigenvalue weighted by Gasteiger charge is -2.14. The molecule has 2 heterocycles. The highest BCUT2D eigenvalue weighted by atomic mass is 32.2. The summed E-state index contributed by atoms with van der Waals surface area (Å²) in [6.45, 7) is 4.74. The smallest absolute Gasteiger partial charge is 0.246 e. The van der Waals surface area contributed by atoms with Crippen LogP contribution in [0.1, 0.15) is 13.3 Å². The maximum absolute atomic E-state index is 12.3. The lowest BCUT2D eigenvalue weighted by atomic mass is 10.2. The van der Waals surface area contributed by atoms with Crippen LogP contribution < -0.4 is 5.32 Å². The molecular weight excluding hydrogens is 252 g/mol. The zero-order chi connectivity index (χ0) is 13.2. The van der Waals surface area contributed by atoms with E-state index in [9.17, 15) is 8.42 Å². The van der Waals surface area contributed by atoms with Crippen LogP contribution in [-0.2, 0) is 16.6 Å². The van der Waals surface area contributed by atoms with Crippen molar-refractivity contribution in [3.05, 3.63) is 12.4 Å². The van der Waals surface area contributed by atoms with Gasteiger partial charge in [-0.1, -0.05) is 6.92 Å². The minimum absolute atomic E-state index is 0.299. The molecule has 1 aromatic heterocycles. The number of likely N-dealkylation sites (N-methyl/N-ethyl adjacent to an activating group) is 1. The maximum atomic E-state index is 12.3. The minimum atomic E-state index is -3.35. The van der Waals surface area contributed by atoms with E-state index in [1.807, 2.05) is 7.05 Å². The van der Waals surface area contributed by atoms with Crippen LogP contribution in [0.3, 0.4) is 0 Å². The van der Waals surface area contributed by atoms with Crippen LogP contribution in [0.25, 0.3) is 0 Å². The topological polar surface area (TPSA) is 67.2 Å². The van der Waals surface area contributed by atoms with Gasteiger partial charge in [0.05, 0.1) is 12.7 Å². The van der Waals surface area contributed by atoms with E-state index in [1.165, 1.54) is 6.20 Å². The average molecular weight is 272 g/mol. The Labute approximate surface area is 108 Å². The number of nitrogens with one attached hydrogen (secondary N) is 1. The zero-order valence-electron chi connectivity index (χ0n) is 10.8. The van der Waals surface area contributed by atoms with E-state index in [-0.39, 0.29) is 0 Å². The molecule has 102 valence electrons. The molecule has 0 aromatic carbocycles. The molecule has 1 saturated heterocycles. The van der Waals surface area contributed by atoms with Crippen molar-refractivity contribution >= 4 is 10.0 Å². The van der Waals surface area contributed by atoms with Crippen LogP contribution in [-0.4, -0.2) is 49.2 Å². The predicted molar refractivity (Wildman–Crippen MR) is 68.7 cm³/mol. The van der Waals surface area contributed by atoms with Gasteiger partial charge in [-0.15, -0.1) is 0 Å². The van der Waals surface area contributed by atoms with Crippen molar-refractivity contribution < 1.29 is 8.42 Å². The van der Waals surface area contributed by atoms with Gasteiger partial charge in [-0.3, -0.25) is 4.68 Å². The Morgan fingerprint density at radius 2 is 2.33 bits per heavy atom. The second-order valence-corrected chi connectivity index (χ2v) is 6.74. The molecule has 1 aromatic rings. The summed E-state index contributed by atoms with van der Waals surface area (Å²) in [4.78, 5) is 0.299. The quantitative estimate of drug-likeness (QED) is 0.827. The van der Waals surface area contributed by atoms with Crippen LogP contribution in [0.15, 0.2) is 17.3 Å². The highest BCUT2D eigenvalue weighted by molar-refractivity contribution is 7.89. The van der Waals surface area contributed by atoms with E-state index < -0.39 is 10.0 Å². The first-order valence-corrected chi connectivity index (χ1v) is 7.65. The van der Waals surface area contributed by atoms with Crippen molar-refractivity contribution in [1.29, 1.82) is 0 Å². The van der Waals surface area contributed by atoms with Gasteiger partial charge in [-0.05, 0) is 19.4 Å². The van der Waals surface area contributed by atoms with Crippen LogP contribution in [0.2, 0.25) is 0 Å². The Kier molecular flexibility index (Phi) is 4.04. The fraction of sp³-hybridized carbons (Fsp3) is 0.727.